The molecule has 0 spiro atoms. The van der Waals surface area contributed by atoms with Crippen LogP contribution in [0.25, 0.3) is 11.4 Å². The van der Waals surface area contributed by atoms with E-state index in [2.05, 4.69) is 20.5 Å². The zero-order valence-electron chi connectivity index (χ0n) is 17.7. The highest BCUT2D eigenvalue weighted by Crippen LogP contribution is 2.26. The molecule has 164 valence electrons. The van der Waals surface area contributed by atoms with Crippen LogP contribution in [-0.2, 0) is 4.74 Å². The van der Waals surface area contributed by atoms with Crippen molar-refractivity contribution >= 4 is 29.1 Å². The Morgan fingerprint density at radius 2 is 1.56 bits per heavy atom. The molecule has 0 radical (unpaired) electrons. The maximum absolute atomic E-state index is 12.2. The van der Waals surface area contributed by atoms with E-state index in [1.54, 1.807) is 43.3 Å². The molecule has 2 aromatic carbocycles. The number of rotatable bonds is 5. The quantitative estimate of drug-likeness (QED) is 0.570. The molecule has 1 aromatic heterocycles. The summed E-state index contributed by atoms with van der Waals surface area (Å²) in [6.07, 6.45) is 0. The molecule has 0 unspecified atom stereocenters. The molecule has 1 aliphatic heterocycles. The van der Waals surface area contributed by atoms with Crippen molar-refractivity contribution in [3.63, 3.8) is 0 Å². The highest BCUT2D eigenvalue weighted by Gasteiger charge is 2.21. The molecule has 0 bridgehead atoms. The number of nitrogens with two attached hydrogens (primary N) is 1. The molecule has 0 atom stereocenters. The van der Waals surface area contributed by atoms with Gasteiger partial charge in [0.2, 0.25) is 0 Å². The molecule has 4 rings (SSSR count). The van der Waals surface area contributed by atoms with Gasteiger partial charge in [-0.15, -0.1) is 0 Å². The summed E-state index contributed by atoms with van der Waals surface area (Å²) in [6.45, 7) is 4.34. The zero-order valence-corrected chi connectivity index (χ0v) is 17.7. The van der Waals surface area contributed by atoms with E-state index >= 15 is 0 Å². The van der Waals surface area contributed by atoms with Gasteiger partial charge in [-0.25, -0.2) is 14.8 Å². The monoisotopic (exact) mass is 432 g/mol. The summed E-state index contributed by atoms with van der Waals surface area (Å²) in [5.41, 5.74) is 8.43. The van der Waals surface area contributed by atoms with Crippen LogP contribution in [0.15, 0.2) is 54.6 Å². The normalized spacial score (nSPS) is 13.5. The van der Waals surface area contributed by atoms with Crippen molar-refractivity contribution in [2.45, 2.75) is 6.92 Å². The Morgan fingerprint density at radius 1 is 0.938 bits per heavy atom. The number of anilines is 3. The first-order chi connectivity index (χ1) is 15.5. The minimum Gasteiger partial charge on any atom is -0.378 e. The smallest absolute Gasteiger partial charge is 0.323 e. The van der Waals surface area contributed by atoms with Crippen molar-refractivity contribution in [3.05, 3.63) is 65.9 Å². The molecule has 9 heteroatoms. The molecule has 2 heterocycles. The van der Waals surface area contributed by atoms with Crippen LogP contribution < -0.4 is 21.3 Å². The van der Waals surface area contributed by atoms with Gasteiger partial charge in [-0.1, -0.05) is 18.2 Å². The van der Waals surface area contributed by atoms with E-state index in [-0.39, 0.29) is 11.7 Å². The fourth-order valence-electron chi connectivity index (χ4n) is 3.47. The van der Waals surface area contributed by atoms with Crippen molar-refractivity contribution in [3.8, 4) is 11.4 Å². The number of amides is 3. The summed E-state index contributed by atoms with van der Waals surface area (Å²) in [5, 5.41) is 5.55. The summed E-state index contributed by atoms with van der Waals surface area (Å²) < 4.78 is 5.42. The molecular weight excluding hydrogens is 408 g/mol. The first-order valence-corrected chi connectivity index (χ1v) is 10.3. The standard InChI is InChI=1S/C23H24N6O3/c1-15-19(20(24)30)27-21(28-22(15)29-11-13-32-14-12-29)16-7-9-18(10-8-16)26-23(31)25-17-5-3-2-4-6-17/h2-10H,11-14H2,1H3,(H2,24,30)(H2,25,26,31). The highest BCUT2D eigenvalue weighted by molar-refractivity contribution is 5.99. The number of morpholine rings is 1. The van der Waals surface area contributed by atoms with Crippen LogP contribution >= 0.6 is 0 Å². The second-order valence-electron chi connectivity index (χ2n) is 7.33. The Kier molecular flexibility index (Phi) is 6.27. The molecule has 1 fully saturated rings. The molecule has 1 aliphatic rings. The van der Waals surface area contributed by atoms with Gasteiger partial charge >= 0.3 is 6.03 Å². The van der Waals surface area contributed by atoms with Gasteiger partial charge < -0.3 is 26.0 Å². The minimum absolute atomic E-state index is 0.195. The lowest BCUT2D eigenvalue weighted by Gasteiger charge is -2.29. The van der Waals surface area contributed by atoms with Gasteiger partial charge in [-0.2, -0.15) is 0 Å². The summed E-state index contributed by atoms with van der Waals surface area (Å²) in [5.74, 6) is 0.472. The molecule has 3 aromatic rings. The molecule has 0 saturated carbocycles. The summed E-state index contributed by atoms with van der Waals surface area (Å²) >= 11 is 0. The third-order valence-electron chi connectivity index (χ3n) is 5.10. The Labute approximate surface area is 185 Å². The number of nitrogens with zero attached hydrogens (tertiary/aromatic N) is 3. The highest BCUT2D eigenvalue weighted by atomic mass is 16.5. The van der Waals surface area contributed by atoms with Gasteiger partial charge in [0.25, 0.3) is 5.91 Å². The Balaban J connectivity index is 1.55. The van der Waals surface area contributed by atoms with Crippen LogP contribution in [0.2, 0.25) is 0 Å². The first kappa shape index (κ1) is 21.3. The van der Waals surface area contributed by atoms with Gasteiger partial charge in [0.05, 0.1) is 13.2 Å². The second-order valence-corrected chi connectivity index (χ2v) is 7.33. The van der Waals surface area contributed by atoms with Crippen molar-refractivity contribution in [1.82, 2.24) is 9.97 Å². The van der Waals surface area contributed by atoms with E-state index < -0.39 is 5.91 Å². The van der Waals surface area contributed by atoms with Crippen LogP contribution in [-0.4, -0.2) is 48.2 Å². The molecule has 3 amide bonds. The van der Waals surface area contributed by atoms with Gasteiger partial charge in [0.15, 0.2) is 5.82 Å². The minimum atomic E-state index is -0.600. The maximum Gasteiger partial charge on any atom is 0.323 e. The maximum atomic E-state index is 12.2. The molecule has 9 nitrogen and oxygen atoms in total. The summed E-state index contributed by atoms with van der Waals surface area (Å²) in [4.78, 5) is 35.4. The van der Waals surface area contributed by atoms with Crippen LogP contribution in [0.4, 0.5) is 22.0 Å². The van der Waals surface area contributed by atoms with E-state index in [0.29, 0.717) is 60.4 Å². The number of primary amides is 1. The third kappa shape index (κ3) is 4.84. The lowest BCUT2D eigenvalue weighted by molar-refractivity contribution is 0.0994. The number of benzene rings is 2. The molecule has 0 aliphatic carbocycles. The van der Waals surface area contributed by atoms with E-state index in [1.807, 2.05) is 18.2 Å². The van der Waals surface area contributed by atoms with E-state index in [4.69, 9.17) is 15.5 Å². The Hall–Kier alpha value is -3.98. The van der Waals surface area contributed by atoms with Crippen LogP contribution in [0, 0.1) is 6.92 Å². The number of urea groups is 1. The number of carbonyl (C=O) groups is 2. The predicted molar refractivity (Wildman–Crippen MR) is 123 cm³/mol. The topological polar surface area (TPSA) is 122 Å². The van der Waals surface area contributed by atoms with Crippen molar-refractivity contribution < 1.29 is 14.3 Å². The van der Waals surface area contributed by atoms with E-state index in [9.17, 15) is 9.59 Å². The number of nitrogens with one attached hydrogen (secondary N) is 2. The van der Waals surface area contributed by atoms with Crippen LogP contribution in [0.5, 0.6) is 0 Å². The Bertz CT molecular complexity index is 1110. The van der Waals surface area contributed by atoms with Crippen molar-refractivity contribution in [1.29, 1.82) is 0 Å². The lowest BCUT2D eigenvalue weighted by Crippen LogP contribution is -2.37. The number of para-hydroxylation sites is 1. The second kappa shape index (κ2) is 9.44. The number of carbonyl (C=O) groups excluding carboxylic acids is 2. The number of hydrogen-bond donors (Lipinski definition) is 3. The van der Waals surface area contributed by atoms with Gasteiger partial charge in [0.1, 0.15) is 11.5 Å². The number of hydrogen-bond acceptors (Lipinski definition) is 6. The molecular formula is C23H24N6O3. The lowest BCUT2D eigenvalue weighted by atomic mass is 10.1. The van der Waals surface area contributed by atoms with Crippen molar-refractivity contribution in [2.24, 2.45) is 5.73 Å². The van der Waals surface area contributed by atoms with Gasteiger partial charge in [-0.05, 0) is 43.3 Å². The molecule has 32 heavy (non-hydrogen) atoms. The summed E-state index contributed by atoms with van der Waals surface area (Å²) in [6, 6.07) is 15.9. The van der Waals surface area contributed by atoms with Crippen molar-refractivity contribution in [2.75, 3.05) is 41.8 Å². The van der Waals surface area contributed by atoms with E-state index in [0.717, 1.165) is 0 Å². The number of aromatic nitrogens is 2. The van der Waals surface area contributed by atoms with E-state index in [1.165, 1.54) is 0 Å². The van der Waals surface area contributed by atoms with Gasteiger partial charge in [0, 0.05) is 35.6 Å². The predicted octanol–water partition coefficient (Wildman–Crippen LogP) is 3.03. The fraction of sp³-hybridized carbons (Fsp3) is 0.217. The Morgan fingerprint density at radius 3 is 2.19 bits per heavy atom. The third-order valence-corrected chi connectivity index (χ3v) is 5.10. The SMILES string of the molecule is Cc1c(C(N)=O)nc(-c2ccc(NC(=O)Nc3ccccc3)cc2)nc1N1CCOCC1. The number of ether oxygens (including phenoxy) is 1. The molecule has 4 N–H and O–H groups in total. The van der Waals surface area contributed by atoms with Gasteiger partial charge in [-0.3, -0.25) is 4.79 Å². The average Bonchev–Trinajstić information content (AvgIpc) is 2.81. The van der Waals surface area contributed by atoms with Crippen LogP contribution in [0.1, 0.15) is 16.1 Å². The fourth-order valence-corrected chi connectivity index (χ4v) is 3.47. The van der Waals surface area contributed by atoms with Crippen LogP contribution in [0.3, 0.4) is 0 Å². The largest absolute Gasteiger partial charge is 0.378 e. The summed E-state index contributed by atoms with van der Waals surface area (Å²) in [7, 11) is 0. The first-order valence-electron chi connectivity index (χ1n) is 10.3. The average molecular weight is 432 g/mol. The molecule has 1 saturated heterocycles. The zero-order chi connectivity index (χ0) is 22.5.